The van der Waals surface area contributed by atoms with Gasteiger partial charge >= 0.3 is 0 Å². The van der Waals surface area contributed by atoms with Crippen LogP contribution in [0.3, 0.4) is 0 Å². The summed E-state index contributed by atoms with van der Waals surface area (Å²) in [4.78, 5) is 4.36. The van der Waals surface area contributed by atoms with Gasteiger partial charge in [0.2, 0.25) is 0 Å². The Balaban J connectivity index is 1.81. The zero-order valence-corrected chi connectivity index (χ0v) is 11.4. The van der Waals surface area contributed by atoms with Crippen molar-refractivity contribution in [3.05, 3.63) is 51.2 Å². The molecule has 0 atom stereocenters. The second-order valence-electron chi connectivity index (χ2n) is 4.20. The van der Waals surface area contributed by atoms with Gasteiger partial charge in [0.05, 0.1) is 22.3 Å². The van der Waals surface area contributed by atoms with E-state index < -0.39 is 0 Å². The fourth-order valence-corrected chi connectivity index (χ4v) is 2.37. The summed E-state index contributed by atoms with van der Waals surface area (Å²) in [5, 5.41) is 14.9. The highest BCUT2D eigenvalue weighted by Gasteiger charge is 2.03. The molecule has 1 N–H and O–H groups in total. The van der Waals surface area contributed by atoms with Crippen LogP contribution in [0.1, 0.15) is 21.8 Å². The lowest BCUT2D eigenvalue weighted by molar-refractivity contribution is 0.587. The maximum absolute atomic E-state index is 13.6. The lowest BCUT2D eigenvalue weighted by atomic mass is 10.1. The average Bonchev–Trinajstić information content (AvgIpc) is 2.82. The average molecular weight is 275 g/mol. The molecule has 2 aromatic rings. The van der Waals surface area contributed by atoms with Crippen LogP contribution < -0.4 is 5.32 Å². The first-order valence-electron chi connectivity index (χ1n) is 5.99. The minimum absolute atomic E-state index is 0.337. The minimum atomic E-state index is -0.337. The van der Waals surface area contributed by atoms with Crippen LogP contribution in [0.2, 0.25) is 0 Å². The highest BCUT2D eigenvalue weighted by Crippen LogP contribution is 2.10. The molecule has 0 aliphatic carbocycles. The van der Waals surface area contributed by atoms with Crippen LogP contribution >= 0.6 is 11.3 Å². The van der Waals surface area contributed by atoms with E-state index in [1.807, 2.05) is 18.4 Å². The molecule has 1 aromatic heterocycles. The number of hydrogen-bond donors (Lipinski definition) is 1. The van der Waals surface area contributed by atoms with Gasteiger partial charge < -0.3 is 5.32 Å². The molecule has 0 aliphatic rings. The maximum Gasteiger partial charge on any atom is 0.129 e. The monoisotopic (exact) mass is 275 g/mol. The van der Waals surface area contributed by atoms with E-state index in [-0.39, 0.29) is 5.82 Å². The lowest BCUT2D eigenvalue weighted by Gasteiger charge is -2.05. The number of rotatable bonds is 5. The molecule has 0 fully saturated rings. The van der Waals surface area contributed by atoms with E-state index in [0.29, 0.717) is 17.7 Å². The number of aromatic nitrogens is 1. The van der Waals surface area contributed by atoms with Crippen LogP contribution in [0.15, 0.2) is 23.6 Å². The van der Waals surface area contributed by atoms with Gasteiger partial charge in [0.1, 0.15) is 5.82 Å². The number of nitriles is 1. The summed E-state index contributed by atoms with van der Waals surface area (Å²) in [7, 11) is 0. The van der Waals surface area contributed by atoms with Crippen LogP contribution in [0, 0.1) is 24.1 Å². The fraction of sp³-hybridized carbons (Fsp3) is 0.286. The van der Waals surface area contributed by atoms with Gasteiger partial charge in [-0.2, -0.15) is 5.26 Å². The van der Waals surface area contributed by atoms with Crippen molar-refractivity contribution in [2.24, 2.45) is 0 Å². The van der Waals surface area contributed by atoms with Crippen LogP contribution in [-0.2, 0) is 13.0 Å². The maximum atomic E-state index is 13.6. The Labute approximate surface area is 115 Å². The highest BCUT2D eigenvalue weighted by molar-refractivity contribution is 7.09. The van der Waals surface area contributed by atoms with Gasteiger partial charge in [0, 0.05) is 30.5 Å². The summed E-state index contributed by atoms with van der Waals surface area (Å²) in [6.45, 7) is 3.19. The summed E-state index contributed by atoms with van der Waals surface area (Å²) in [5.74, 6) is -0.337. The predicted molar refractivity (Wildman–Crippen MR) is 73.4 cm³/mol. The Bertz CT molecular complexity index is 601. The molecular formula is C14H14FN3S. The van der Waals surface area contributed by atoms with Crippen molar-refractivity contribution in [3.63, 3.8) is 0 Å². The number of nitrogens with one attached hydrogen (secondary N) is 1. The summed E-state index contributed by atoms with van der Waals surface area (Å²) >= 11 is 1.64. The van der Waals surface area contributed by atoms with Gasteiger partial charge in [-0.15, -0.1) is 11.3 Å². The van der Waals surface area contributed by atoms with E-state index in [4.69, 9.17) is 5.26 Å². The summed E-state index contributed by atoms with van der Waals surface area (Å²) in [6.07, 6.45) is 0.836. The quantitative estimate of drug-likeness (QED) is 0.854. The van der Waals surface area contributed by atoms with E-state index in [2.05, 4.69) is 10.3 Å². The van der Waals surface area contributed by atoms with Crippen molar-refractivity contribution in [3.8, 4) is 6.07 Å². The van der Waals surface area contributed by atoms with Gasteiger partial charge in [0.15, 0.2) is 0 Å². The van der Waals surface area contributed by atoms with Crippen molar-refractivity contribution < 1.29 is 4.39 Å². The SMILES string of the molecule is Cc1nc(CCNCc2ccc(C#N)cc2F)cs1. The molecule has 98 valence electrons. The molecule has 2 rings (SSSR count). The molecule has 1 heterocycles. The zero-order valence-electron chi connectivity index (χ0n) is 10.6. The van der Waals surface area contributed by atoms with Gasteiger partial charge in [-0.1, -0.05) is 6.07 Å². The van der Waals surface area contributed by atoms with E-state index in [0.717, 1.165) is 23.7 Å². The summed E-state index contributed by atoms with van der Waals surface area (Å²) in [6, 6.07) is 6.46. The molecule has 0 saturated carbocycles. The van der Waals surface area contributed by atoms with Gasteiger partial charge in [-0.3, -0.25) is 0 Å². The third-order valence-corrected chi connectivity index (χ3v) is 3.54. The molecule has 1 aromatic carbocycles. The van der Waals surface area contributed by atoms with E-state index in [9.17, 15) is 4.39 Å². The number of thiazole rings is 1. The Morgan fingerprint density at radius 1 is 1.47 bits per heavy atom. The van der Waals surface area contributed by atoms with Crippen LogP contribution in [-0.4, -0.2) is 11.5 Å². The van der Waals surface area contributed by atoms with Crippen LogP contribution in [0.25, 0.3) is 0 Å². The van der Waals surface area contributed by atoms with E-state index in [1.165, 1.54) is 6.07 Å². The second-order valence-corrected chi connectivity index (χ2v) is 5.26. The Morgan fingerprint density at radius 3 is 2.95 bits per heavy atom. The molecule has 0 spiro atoms. The molecule has 0 aliphatic heterocycles. The zero-order chi connectivity index (χ0) is 13.7. The summed E-state index contributed by atoms with van der Waals surface area (Å²) < 4.78 is 13.6. The standard InChI is InChI=1S/C14H14FN3S/c1-10-18-13(9-19-10)4-5-17-8-12-3-2-11(7-16)6-14(12)15/h2-3,6,9,17H,4-5,8H2,1H3. The first kappa shape index (κ1) is 13.7. The van der Waals surface area contributed by atoms with Crippen molar-refractivity contribution in [1.29, 1.82) is 5.26 Å². The van der Waals surface area contributed by atoms with Crippen molar-refractivity contribution in [2.45, 2.75) is 19.9 Å². The van der Waals surface area contributed by atoms with Crippen molar-refractivity contribution >= 4 is 11.3 Å². The van der Waals surface area contributed by atoms with Crippen molar-refractivity contribution in [2.75, 3.05) is 6.54 Å². The molecule has 0 unspecified atom stereocenters. The topological polar surface area (TPSA) is 48.7 Å². The minimum Gasteiger partial charge on any atom is -0.312 e. The second kappa shape index (κ2) is 6.41. The molecule has 0 radical (unpaired) electrons. The Hall–Kier alpha value is -1.77. The van der Waals surface area contributed by atoms with E-state index in [1.54, 1.807) is 23.5 Å². The molecule has 3 nitrogen and oxygen atoms in total. The van der Waals surface area contributed by atoms with Gasteiger partial charge in [0.25, 0.3) is 0 Å². The third kappa shape index (κ3) is 3.85. The molecule has 0 saturated heterocycles. The lowest BCUT2D eigenvalue weighted by Crippen LogP contribution is -2.17. The van der Waals surface area contributed by atoms with Crippen LogP contribution in [0.4, 0.5) is 4.39 Å². The Morgan fingerprint density at radius 2 is 2.32 bits per heavy atom. The third-order valence-electron chi connectivity index (χ3n) is 2.72. The summed E-state index contributed by atoms with van der Waals surface area (Å²) in [5.41, 5.74) is 1.99. The largest absolute Gasteiger partial charge is 0.312 e. The first-order valence-corrected chi connectivity index (χ1v) is 6.87. The molecule has 0 amide bonds. The molecule has 19 heavy (non-hydrogen) atoms. The van der Waals surface area contributed by atoms with Crippen LogP contribution in [0.5, 0.6) is 0 Å². The smallest absolute Gasteiger partial charge is 0.129 e. The number of halogens is 1. The highest BCUT2D eigenvalue weighted by atomic mass is 32.1. The number of benzene rings is 1. The number of hydrogen-bond acceptors (Lipinski definition) is 4. The number of aryl methyl sites for hydroxylation is 1. The normalized spacial score (nSPS) is 10.4. The van der Waals surface area contributed by atoms with E-state index >= 15 is 0 Å². The molecule has 0 bridgehead atoms. The fourth-order valence-electron chi connectivity index (χ4n) is 1.72. The van der Waals surface area contributed by atoms with Gasteiger partial charge in [-0.05, 0) is 19.1 Å². The Kier molecular flexibility index (Phi) is 4.61. The molecule has 5 heteroatoms. The molecular weight excluding hydrogens is 261 g/mol. The first-order chi connectivity index (χ1) is 9.19. The van der Waals surface area contributed by atoms with Crippen molar-refractivity contribution in [1.82, 2.24) is 10.3 Å². The number of nitrogens with zero attached hydrogens (tertiary/aromatic N) is 2. The van der Waals surface area contributed by atoms with Gasteiger partial charge in [-0.25, -0.2) is 9.37 Å². The predicted octanol–water partition coefficient (Wildman–Crippen LogP) is 2.79.